The quantitative estimate of drug-likeness (QED) is 0.206. The maximum absolute atomic E-state index is 13.7. The summed E-state index contributed by atoms with van der Waals surface area (Å²) in [6.07, 6.45) is 6.66. The standard InChI is InChI=1S/C27H18Cl2F2N8/c28-21-8-17(35-25(14-1-3-16(30)4-2-14)23-13-39(38-37-23)19-5-6-19)7-20-24(15(10-32)11-33-26(20)21)36-18-9-22(29)27(31)34-12-18/h1-4,7-9,11-13,19,25,35H,5-6H2,(H,33,36). The molecule has 0 spiro atoms. The van der Waals surface area contributed by atoms with Gasteiger partial charge in [0.15, 0.2) is 0 Å². The van der Waals surface area contributed by atoms with Gasteiger partial charge in [-0.1, -0.05) is 40.5 Å². The molecule has 1 aliphatic carbocycles. The molecule has 1 aliphatic rings. The Kier molecular flexibility index (Phi) is 6.46. The molecule has 5 aromatic rings. The van der Waals surface area contributed by atoms with Gasteiger partial charge in [0.2, 0.25) is 5.95 Å². The number of fused-ring (bicyclic) bond motifs is 1. The van der Waals surface area contributed by atoms with Gasteiger partial charge in [-0.3, -0.25) is 4.98 Å². The first-order chi connectivity index (χ1) is 18.9. The number of benzene rings is 2. The topological polar surface area (TPSA) is 104 Å². The second-order valence-electron chi connectivity index (χ2n) is 9.12. The number of hydrogen-bond donors (Lipinski definition) is 2. The van der Waals surface area contributed by atoms with Gasteiger partial charge in [-0.2, -0.15) is 9.65 Å². The summed E-state index contributed by atoms with van der Waals surface area (Å²) in [4.78, 5) is 8.01. The van der Waals surface area contributed by atoms with Crippen molar-refractivity contribution in [3.05, 3.63) is 99.7 Å². The van der Waals surface area contributed by atoms with Crippen LogP contribution in [0.15, 0.2) is 61.1 Å². The van der Waals surface area contributed by atoms with Gasteiger partial charge in [-0.25, -0.2) is 14.1 Å². The van der Waals surface area contributed by atoms with Gasteiger partial charge in [0.25, 0.3) is 0 Å². The van der Waals surface area contributed by atoms with Gasteiger partial charge in [0.05, 0.1) is 57.0 Å². The van der Waals surface area contributed by atoms with Gasteiger partial charge in [0.1, 0.15) is 17.6 Å². The van der Waals surface area contributed by atoms with Crippen LogP contribution in [-0.2, 0) is 0 Å². The molecule has 6 rings (SSSR count). The monoisotopic (exact) mass is 562 g/mol. The number of halogens is 4. The molecule has 0 saturated heterocycles. The van der Waals surface area contributed by atoms with Crippen molar-refractivity contribution >= 4 is 51.2 Å². The third-order valence-corrected chi connectivity index (χ3v) is 6.92. The molecule has 1 saturated carbocycles. The fourth-order valence-corrected chi connectivity index (χ4v) is 4.72. The molecule has 8 nitrogen and oxygen atoms in total. The normalized spacial score (nSPS) is 13.7. The van der Waals surface area contributed by atoms with Crippen LogP contribution in [0.2, 0.25) is 10.0 Å². The fraction of sp³-hybridized carbons (Fsp3) is 0.148. The van der Waals surface area contributed by atoms with Gasteiger partial charge in [-0.15, -0.1) is 5.10 Å². The van der Waals surface area contributed by atoms with Gasteiger partial charge >= 0.3 is 0 Å². The molecule has 3 aromatic heterocycles. The number of rotatable bonds is 7. The van der Waals surface area contributed by atoms with E-state index in [1.165, 1.54) is 30.6 Å². The van der Waals surface area contributed by atoms with Crippen molar-refractivity contribution < 1.29 is 8.78 Å². The first kappa shape index (κ1) is 25.0. The van der Waals surface area contributed by atoms with Gasteiger partial charge in [0, 0.05) is 17.3 Å². The molecule has 1 fully saturated rings. The van der Waals surface area contributed by atoms with Crippen LogP contribution in [-0.4, -0.2) is 25.0 Å². The molecule has 194 valence electrons. The van der Waals surface area contributed by atoms with Crippen LogP contribution in [0.1, 0.15) is 41.7 Å². The molecule has 0 amide bonds. The number of nitriles is 1. The predicted molar refractivity (Wildman–Crippen MR) is 144 cm³/mol. The van der Waals surface area contributed by atoms with Crippen molar-refractivity contribution in [2.75, 3.05) is 10.6 Å². The molecule has 0 bridgehead atoms. The fourth-order valence-electron chi connectivity index (χ4n) is 4.29. The predicted octanol–water partition coefficient (Wildman–Crippen LogP) is 6.96. The zero-order valence-electron chi connectivity index (χ0n) is 20.0. The average molecular weight is 563 g/mol. The molecule has 0 radical (unpaired) electrons. The maximum atomic E-state index is 13.7. The van der Waals surface area contributed by atoms with E-state index in [9.17, 15) is 14.0 Å². The van der Waals surface area contributed by atoms with Crippen molar-refractivity contribution in [1.29, 1.82) is 5.26 Å². The summed E-state index contributed by atoms with van der Waals surface area (Å²) < 4.78 is 29.2. The van der Waals surface area contributed by atoms with Crippen LogP contribution in [0.25, 0.3) is 10.9 Å². The van der Waals surface area contributed by atoms with E-state index in [-0.39, 0.29) is 16.4 Å². The van der Waals surface area contributed by atoms with Gasteiger partial charge in [-0.05, 0) is 48.7 Å². The van der Waals surface area contributed by atoms with Crippen molar-refractivity contribution in [2.45, 2.75) is 24.9 Å². The first-order valence-corrected chi connectivity index (χ1v) is 12.7. The molecule has 1 unspecified atom stereocenters. The van der Waals surface area contributed by atoms with E-state index in [2.05, 4.69) is 37.0 Å². The van der Waals surface area contributed by atoms with Crippen LogP contribution in [0.4, 0.5) is 25.8 Å². The lowest BCUT2D eigenvalue weighted by atomic mass is 10.0. The van der Waals surface area contributed by atoms with E-state index in [1.54, 1.807) is 24.3 Å². The minimum atomic E-state index is -0.803. The first-order valence-electron chi connectivity index (χ1n) is 11.9. The smallest absolute Gasteiger partial charge is 0.231 e. The van der Waals surface area contributed by atoms with Crippen molar-refractivity contribution in [2.24, 2.45) is 0 Å². The van der Waals surface area contributed by atoms with E-state index in [1.807, 2.05) is 10.9 Å². The number of nitrogens with one attached hydrogen (secondary N) is 2. The Labute approximate surface area is 231 Å². The molecule has 1 atom stereocenters. The summed E-state index contributed by atoms with van der Waals surface area (Å²) in [7, 11) is 0. The molecule has 0 aliphatic heterocycles. The zero-order valence-corrected chi connectivity index (χ0v) is 21.5. The van der Waals surface area contributed by atoms with Crippen molar-refractivity contribution in [3.63, 3.8) is 0 Å². The minimum absolute atomic E-state index is 0.168. The lowest BCUT2D eigenvalue weighted by molar-refractivity contribution is 0.584. The summed E-state index contributed by atoms with van der Waals surface area (Å²) in [5.41, 5.74) is 3.47. The van der Waals surface area contributed by atoms with Gasteiger partial charge < -0.3 is 10.6 Å². The Morgan fingerprint density at radius 3 is 2.49 bits per heavy atom. The number of pyridine rings is 2. The second-order valence-corrected chi connectivity index (χ2v) is 9.93. The number of aromatic nitrogens is 5. The lowest BCUT2D eigenvalue weighted by Gasteiger charge is -2.20. The molecule has 3 heterocycles. The molecule has 2 aromatic carbocycles. The Bertz CT molecular complexity index is 1750. The van der Waals surface area contributed by atoms with E-state index in [0.29, 0.717) is 44.7 Å². The van der Waals surface area contributed by atoms with Crippen LogP contribution in [0.3, 0.4) is 0 Å². The Hall–Kier alpha value is -4.33. The van der Waals surface area contributed by atoms with Crippen molar-refractivity contribution in [1.82, 2.24) is 25.0 Å². The Balaban J connectivity index is 1.44. The van der Waals surface area contributed by atoms with E-state index >= 15 is 0 Å². The van der Waals surface area contributed by atoms with E-state index in [4.69, 9.17) is 23.2 Å². The highest BCUT2D eigenvalue weighted by atomic mass is 35.5. The largest absolute Gasteiger partial charge is 0.373 e. The molecule has 39 heavy (non-hydrogen) atoms. The average Bonchev–Trinajstić information content (AvgIpc) is 3.67. The van der Waals surface area contributed by atoms with E-state index in [0.717, 1.165) is 18.4 Å². The molecular formula is C27H18Cl2F2N8. The van der Waals surface area contributed by atoms with E-state index < -0.39 is 12.0 Å². The lowest BCUT2D eigenvalue weighted by Crippen LogP contribution is -2.13. The Morgan fingerprint density at radius 1 is 1.00 bits per heavy atom. The summed E-state index contributed by atoms with van der Waals surface area (Å²) in [5.74, 6) is -1.16. The molecular weight excluding hydrogens is 545 g/mol. The summed E-state index contributed by atoms with van der Waals surface area (Å²) in [5, 5.41) is 25.7. The minimum Gasteiger partial charge on any atom is -0.373 e. The maximum Gasteiger partial charge on any atom is 0.231 e. The van der Waals surface area contributed by atoms with Crippen LogP contribution in [0.5, 0.6) is 0 Å². The molecule has 12 heteroatoms. The number of anilines is 3. The van der Waals surface area contributed by atoms with Crippen LogP contribution < -0.4 is 10.6 Å². The number of nitrogens with zero attached hydrogens (tertiary/aromatic N) is 6. The van der Waals surface area contributed by atoms with Crippen molar-refractivity contribution in [3.8, 4) is 6.07 Å². The summed E-state index contributed by atoms with van der Waals surface area (Å²) in [6.45, 7) is 0. The third kappa shape index (κ3) is 5.06. The summed E-state index contributed by atoms with van der Waals surface area (Å²) >= 11 is 12.6. The highest BCUT2D eigenvalue weighted by Gasteiger charge is 2.27. The Morgan fingerprint density at radius 2 is 1.77 bits per heavy atom. The van der Waals surface area contributed by atoms with Crippen LogP contribution >= 0.6 is 23.2 Å². The highest BCUT2D eigenvalue weighted by Crippen LogP contribution is 2.38. The molecule has 2 N–H and O–H groups in total. The zero-order chi connectivity index (χ0) is 27.1. The second kappa shape index (κ2) is 10.1. The highest BCUT2D eigenvalue weighted by molar-refractivity contribution is 6.36. The summed E-state index contributed by atoms with van der Waals surface area (Å²) in [6, 6.07) is 13.0. The van der Waals surface area contributed by atoms with Crippen LogP contribution in [0, 0.1) is 23.1 Å². The SMILES string of the molecule is N#Cc1cnc2c(Cl)cc(NC(c3ccc(F)cc3)c3cn(C4CC4)nn3)cc2c1Nc1cnc(F)c(Cl)c1. The number of hydrogen-bond acceptors (Lipinski definition) is 7. The third-order valence-electron chi connectivity index (χ3n) is 6.37.